The Morgan fingerprint density at radius 1 is 0.909 bits per heavy atom. The first kappa shape index (κ1) is 19.8. The van der Waals surface area contributed by atoms with Gasteiger partial charge in [0.2, 0.25) is 11.8 Å². The number of aromatic nitrogens is 1. The molecular weight excluding hydrogens is 452 g/mol. The number of H-pyrrole nitrogens is 1. The molecule has 33 heavy (non-hydrogen) atoms. The van der Waals surface area contributed by atoms with Gasteiger partial charge in [-0.2, -0.15) is 0 Å². The van der Waals surface area contributed by atoms with Gasteiger partial charge in [0.25, 0.3) is 0 Å². The fraction of sp³-hybridized carbons (Fsp3) is 0.346. The number of thioether (sulfide) groups is 1. The smallest absolute Gasteiger partial charge is 0.305 e. The number of carbonyl (C=O) groups excluding carboxylic acids is 2. The summed E-state index contributed by atoms with van der Waals surface area (Å²) >= 11 is 3.05. The number of imide groups is 1. The monoisotopic (exact) mass is 474 g/mol. The predicted octanol–water partition coefficient (Wildman–Crippen LogP) is 4.42. The zero-order valence-corrected chi connectivity index (χ0v) is 19.6. The Labute approximate surface area is 199 Å². The van der Waals surface area contributed by atoms with Gasteiger partial charge >= 0.3 is 4.87 Å². The lowest BCUT2D eigenvalue weighted by molar-refractivity contribution is -0.123. The van der Waals surface area contributed by atoms with E-state index in [0.29, 0.717) is 5.69 Å². The first-order valence-electron chi connectivity index (χ1n) is 11.4. The van der Waals surface area contributed by atoms with Crippen molar-refractivity contribution in [2.75, 3.05) is 4.90 Å². The maximum absolute atomic E-state index is 13.7. The number of nitrogens with one attached hydrogen (secondary N) is 1. The van der Waals surface area contributed by atoms with E-state index in [1.165, 1.54) is 27.4 Å². The van der Waals surface area contributed by atoms with Crippen molar-refractivity contribution in [2.45, 2.75) is 29.5 Å². The van der Waals surface area contributed by atoms with E-state index in [4.69, 9.17) is 0 Å². The van der Waals surface area contributed by atoms with Gasteiger partial charge in [0, 0.05) is 16.0 Å². The SMILES string of the molecule is Cc1ccccc1[C@@H]1c2sc(=O)[nH]c2S[C@@H]2[C@@H]3C[C@@H]([C@@H]4C(=O)N(c5ccccc5)C(=O)[C@@H]34)[C@@H]12. The number of amides is 2. The van der Waals surface area contributed by atoms with Gasteiger partial charge in [-0.05, 0) is 54.4 Å². The fourth-order valence-electron chi connectivity index (χ4n) is 7.13. The van der Waals surface area contributed by atoms with Crippen molar-refractivity contribution in [3.8, 4) is 0 Å². The number of para-hydroxylation sites is 1. The minimum atomic E-state index is -0.256. The minimum absolute atomic E-state index is 0.0268. The molecule has 2 aromatic carbocycles. The predicted molar refractivity (Wildman–Crippen MR) is 129 cm³/mol. The molecule has 7 heteroatoms. The summed E-state index contributed by atoms with van der Waals surface area (Å²) in [6.07, 6.45) is 0.916. The quantitative estimate of drug-likeness (QED) is 0.558. The molecule has 2 aliphatic carbocycles. The highest BCUT2D eigenvalue weighted by molar-refractivity contribution is 8.00. The van der Waals surface area contributed by atoms with Crippen LogP contribution in [0.15, 0.2) is 64.4 Å². The molecule has 3 heterocycles. The van der Waals surface area contributed by atoms with E-state index >= 15 is 0 Å². The van der Waals surface area contributed by atoms with Gasteiger partial charge in [0.15, 0.2) is 0 Å². The van der Waals surface area contributed by atoms with Crippen LogP contribution in [0, 0.1) is 36.5 Å². The average molecular weight is 475 g/mol. The van der Waals surface area contributed by atoms with Crippen molar-refractivity contribution in [3.05, 3.63) is 80.3 Å². The standard InChI is InChI=1S/C26H22N2O3S2/c1-12-7-5-6-10-14(12)17-18-15-11-16(21(18)32-23-22(17)33-26(31)27-23)20-19(15)24(29)28(25(20)30)13-8-3-2-4-9-13/h2-10,15-21H,11H2,1H3,(H,27,31)/t15-,16-,17+,18+,19+,20+,21-/m1/s1. The van der Waals surface area contributed by atoms with Crippen molar-refractivity contribution < 1.29 is 9.59 Å². The molecule has 0 unspecified atom stereocenters. The zero-order valence-electron chi connectivity index (χ0n) is 17.9. The second kappa shape index (κ2) is 6.93. The molecule has 0 spiro atoms. The molecule has 7 atom stereocenters. The van der Waals surface area contributed by atoms with Crippen molar-refractivity contribution in [1.82, 2.24) is 4.98 Å². The molecule has 3 fully saturated rings. The van der Waals surface area contributed by atoms with Crippen LogP contribution < -0.4 is 9.77 Å². The van der Waals surface area contributed by atoms with Crippen LogP contribution in [0.4, 0.5) is 5.69 Å². The van der Waals surface area contributed by atoms with Crippen LogP contribution in [0.25, 0.3) is 0 Å². The third-order valence-electron chi connectivity index (χ3n) is 8.26. The third kappa shape index (κ3) is 2.58. The molecule has 0 radical (unpaired) electrons. The summed E-state index contributed by atoms with van der Waals surface area (Å²) in [5.74, 6) is 0.0494. The summed E-state index contributed by atoms with van der Waals surface area (Å²) in [5.41, 5.74) is 3.12. The first-order chi connectivity index (χ1) is 16.0. The topological polar surface area (TPSA) is 70.2 Å². The summed E-state index contributed by atoms with van der Waals surface area (Å²) in [7, 11) is 0. The number of aryl methyl sites for hydroxylation is 1. The molecule has 2 aliphatic heterocycles. The summed E-state index contributed by atoms with van der Waals surface area (Å²) in [5, 5.41) is 1.19. The lowest BCUT2D eigenvalue weighted by atomic mass is 9.67. The average Bonchev–Trinajstić information content (AvgIpc) is 3.54. The van der Waals surface area contributed by atoms with Crippen LogP contribution in [0.3, 0.4) is 0 Å². The molecule has 1 N–H and O–H groups in total. The number of hydrogen-bond donors (Lipinski definition) is 1. The van der Waals surface area contributed by atoms with Crippen molar-refractivity contribution in [3.63, 3.8) is 0 Å². The van der Waals surface area contributed by atoms with Crippen LogP contribution in [0.5, 0.6) is 0 Å². The van der Waals surface area contributed by atoms with E-state index in [1.807, 2.05) is 36.4 Å². The summed E-state index contributed by atoms with van der Waals surface area (Å²) < 4.78 is 0. The Morgan fingerprint density at radius 3 is 2.36 bits per heavy atom. The molecule has 2 bridgehead atoms. The van der Waals surface area contributed by atoms with E-state index in [0.717, 1.165) is 16.3 Å². The molecule has 1 saturated heterocycles. The Morgan fingerprint density at radius 2 is 1.61 bits per heavy atom. The van der Waals surface area contributed by atoms with Gasteiger partial charge in [0.1, 0.15) is 0 Å². The van der Waals surface area contributed by atoms with E-state index in [-0.39, 0.29) is 57.4 Å². The van der Waals surface area contributed by atoms with Gasteiger partial charge in [-0.15, -0.1) is 11.8 Å². The van der Waals surface area contributed by atoms with Crippen LogP contribution in [-0.4, -0.2) is 22.0 Å². The van der Waals surface area contributed by atoms with Crippen molar-refractivity contribution in [2.24, 2.45) is 29.6 Å². The Hall–Kier alpha value is -2.64. The molecule has 3 aromatic rings. The normalized spacial score (nSPS) is 33.8. The molecule has 7 rings (SSSR count). The summed E-state index contributed by atoms with van der Waals surface area (Å²) in [6, 6.07) is 17.7. The van der Waals surface area contributed by atoms with Crippen molar-refractivity contribution >= 4 is 40.6 Å². The van der Waals surface area contributed by atoms with E-state index in [2.05, 4.69) is 30.1 Å². The minimum Gasteiger partial charge on any atom is -0.307 e. The second-order valence-corrected chi connectivity index (χ2v) is 11.9. The summed E-state index contributed by atoms with van der Waals surface area (Å²) in [4.78, 5) is 45.2. The number of carbonyl (C=O) groups is 2. The summed E-state index contributed by atoms with van der Waals surface area (Å²) in [6.45, 7) is 2.12. The van der Waals surface area contributed by atoms with Crippen LogP contribution in [0.1, 0.15) is 28.3 Å². The number of aromatic amines is 1. The number of anilines is 1. The zero-order chi connectivity index (χ0) is 22.4. The third-order valence-corrected chi connectivity index (χ3v) is 10.9. The number of fused-ring (bicyclic) bond motifs is 9. The molecule has 1 aromatic heterocycles. The van der Waals surface area contributed by atoms with Crippen LogP contribution >= 0.6 is 23.1 Å². The molecule has 5 nitrogen and oxygen atoms in total. The van der Waals surface area contributed by atoms with E-state index in [1.54, 1.807) is 11.8 Å². The maximum atomic E-state index is 13.7. The van der Waals surface area contributed by atoms with Gasteiger partial charge in [0.05, 0.1) is 22.5 Å². The molecule has 4 aliphatic rings. The van der Waals surface area contributed by atoms with Crippen molar-refractivity contribution in [1.29, 1.82) is 0 Å². The molecular formula is C26H22N2O3S2. The molecule has 166 valence electrons. The Bertz CT molecular complexity index is 1360. The highest BCUT2D eigenvalue weighted by Gasteiger charge is 2.69. The van der Waals surface area contributed by atoms with Crippen LogP contribution in [-0.2, 0) is 9.59 Å². The largest absolute Gasteiger partial charge is 0.307 e. The van der Waals surface area contributed by atoms with E-state index in [9.17, 15) is 14.4 Å². The van der Waals surface area contributed by atoms with Gasteiger partial charge in [-0.3, -0.25) is 19.3 Å². The first-order valence-corrected chi connectivity index (χ1v) is 13.1. The Balaban J connectivity index is 1.36. The molecule has 2 saturated carbocycles. The number of benzene rings is 2. The second-order valence-electron chi connectivity index (χ2n) is 9.66. The lowest BCUT2D eigenvalue weighted by Gasteiger charge is -2.43. The van der Waals surface area contributed by atoms with Crippen LogP contribution in [0.2, 0.25) is 0 Å². The van der Waals surface area contributed by atoms with Gasteiger partial charge in [-0.25, -0.2) is 0 Å². The number of thiazole rings is 1. The highest BCUT2D eigenvalue weighted by Crippen LogP contribution is 2.68. The lowest BCUT2D eigenvalue weighted by Crippen LogP contribution is -2.42. The maximum Gasteiger partial charge on any atom is 0.305 e. The number of nitrogens with zero attached hydrogens (tertiary/aromatic N) is 1. The number of rotatable bonds is 2. The number of hydrogen-bond acceptors (Lipinski definition) is 5. The highest BCUT2D eigenvalue weighted by atomic mass is 32.2. The van der Waals surface area contributed by atoms with Gasteiger partial charge < -0.3 is 4.98 Å². The Kier molecular flexibility index (Phi) is 4.16. The fourth-order valence-corrected chi connectivity index (χ4v) is 10.0. The van der Waals surface area contributed by atoms with Gasteiger partial charge in [-0.1, -0.05) is 53.8 Å². The van der Waals surface area contributed by atoms with E-state index < -0.39 is 0 Å². The molecule has 2 amide bonds.